The molecule has 0 N–H and O–H groups in total. The molecule has 0 radical (unpaired) electrons. The van der Waals surface area contributed by atoms with Crippen LogP contribution in [0.4, 0.5) is 5.69 Å². The Kier molecular flexibility index (Phi) is 5.19. The lowest BCUT2D eigenvalue weighted by Crippen LogP contribution is -2.49. The molecule has 0 spiro atoms. The summed E-state index contributed by atoms with van der Waals surface area (Å²) in [5.74, 6) is 1.66. The number of ether oxygens (including phenoxy) is 2. The van der Waals surface area contributed by atoms with Crippen LogP contribution < -0.4 is 14.4 Å². The summed E-state index contributed by atoms with van der Waals surface area (Å²) in [6.07, 6.45) is 0.365. The number of nitrogens with zero attached hydrogens (tertiary/aromatic N) is 2. The summed E-state index contributed by atoms with van der Waals surface area (Å²) in [6, 6.07) is 13.4. The van der Waals surface area contributed by atoms with Gasteiger partial charge in [-0.2, -0.15) is 0 Å². The number of piperazine rings is 1. The fraction of sp³-hybridized carbons (Fsp3) is 0.364. The summed E-state index contributed by atoms with van der Waals surface area (Å²) in [6.45, 7) is 5.63. The number of hydrogen-bond acceptors (Lipinski definition) is 5. The second-order valence-electron chi connectivity index (χ2n) is 7.13. The van der Waals surface area contributed by atoms with E-state index >= 15 is 0 Å². The Hall–Kier alpha value is -3.02. The zero-order chi connectivity index (χ0) is 19.5. The Morgan fingerprint density at radius 3 is 2.25 bits per heavy atom. The monoisotopic (exact) mass is 380 g/mol. The van der Waals surface area contributed by atoms with Crippen molar-refractivity contribution in [3.05, 3.63) is 53.6 Å². The van der Waals surface area contributed by atoms with Crippen LogP contribution in [0.2, 0.25) is 0 Å². The van der Waals surface area contributed by atoms with Crippen molar-refractivity contribution in [3.63, 3.8) is 0 Å². The molecule has 0 atom stereocenters. The highest BCUT2D eigenvalue weighted by atomic mass is 16.6. The van der Waals surface area contributed by atoms with Gasteiger partial charge in [-0.3, -0.25) is 9.59 Å². The minimum Gasteiger partial charge on any atom is -0.486 e. The molecule has 0 saturated carbocycles. The van der Waals surface area contributed by atoms with Gasteiger partial charge in [0.25, 0.3) is 0 Å². The normalized spacial score (nSPS) is 16.0. The Morgan fingerprint density at radius 2 is 1.57 bits per heavy atom. The number of rotatable bonds is 4. The van der Waals surface area contributed by atoms with Crippen LogP contribution in [0.5, 0.6) is 11.5 Å². The Morgan fingerprint density at radius 1 is 0.893 bits per heavy atom. The molecule has 2 heterocycles. The minimum atomic E-state index is 0.0705. The second-order valence-corrected chi connectivity index (χ2v) is 7.13. The molecule has 28 heavy (non-hydrogen) atoms. The maximum absolute atomic E-state index is 12.7. The number of anilines is 1. The van der Waals surface area contributed by atoms with E-state index in [4.69, 9.17) is 9.47 Å². The van der Waals surface area contributed by atoms with Crippen molar-refractivity contribution in [1.82, 2.24) is 4.90 Å². The Balaban J connectivity index is 1.33. The number of carbonyl (C=O) groups excluding carboxylic acids is 2. The third-order valence-corrected chi connectivity index (χ3v) is 5.23. The maximum Gasteiger partial charge on any atom is 0.227 e. The quantitative estimate of drug-likeness (QED) is 0.763. The number of ketones is 1. The van der Waals surface area contributed by atoms with Gasteiger partial charge < -0.3 is 19.3 Å². The average molecular weight is 380 g/mol. The molecule has 4 rings (SSSR count). The third kappa shape index (κ3) is 3.96. The summed E-state index contributed by atoms with van der Waals surface area (Å²) < 4.78 is 11.1. The lowest BCUT2D eigenvalue weighted by atomic mass is 10.1. The molecule has 2 aliphatic rings. The molecule has 6 nitrogen and oxygen atoms in total. The van der Waals surface area contributed by atoms with Gasteiger partial charge in [-0.25, -0.2) is 0 Å². The molecule has 146 valence electrons. The molecule has 0 aliphatic carbocycles. The van der Waals surface area contributed by atoms with Crippen molar-refractivity contribution >= 4 is 17.4 Å². The maximum atomic E-state index is 12.7. The van der Waals surface area contributed by atoms with Crippen LogP contribution in [0.1, 0.15) is 22.8 Å². The summed E-state index contributed by atoms with van der Waals surface area (Å²) in [7, 11) is 0. The molecule has 1 amide bonds. The second kappa shape index (κ2) is 7.92. The zero-order valence-electron chi connectivity index (χ0n) is 16.0. The van der Waals surface area contributed by atoms with Gasteiger partial charge in [0.1, 0.15) is 13.2 Å². The molecule has 1 fully saturated rings. The first kappa shape index (κ1) is 18.3. The number of carbonyl (C=O) groups is 2. The van der Waals surface area contributed by atoms with Crippen LogP contribution in [0.25, 0.3) is 0 Å². The van der Waals surface area contributed by atoms with Gasteiger partial charge in [0.15, 0.2) is 17.3 Å². The van der Waals surface area contributed by atoms with E-state index in [1.165, 1.54) is 0 Å². The predicted octanol–water partition coefficient (Wildman–Crippen LogP) is 2.55. The SMILES string of the molecule is CC(=O)c1ccc(N2CCN(C(=O)Cc3ccc4c(c3)OCCO4)CC2)cc1. The van der Waals surface area contributed by atoms with Gasteiger partial charge >= 0.3 is 0 Å². The number of Topliss-reactive ketones (excluding diaryl/α,β-unsaturated/α-hetero) is 1. The minimum absolute atomic E-state index is 0.0705. The lowest BCUT2D eigenvalue weighted by molar-refractivity contribution is -0.130. The van der Waals surface area contributed by atoms with E-state index in [2.05, 4.69) is 4.90 Å². The fourth-order valence-electron chi connectivity index (χ4n) is 3.61. The van der Waals surface area contributed by atoms with Crippen LogP contribution in [-0.2, 0) is 11.2 Å². The average Bonchev–Trinajstić information content (AvgIpc) is 2.74. The van der Waals surface area contributed by atoms with E-state index in [0.717, 1.165) is 41.4 Å². The fourth-order valence-corrected chi connectivity index (χ4v) is 3.61. The van der Waals surface area contributed by atoms with E-state index in [1.54, 1.807) is 6.92 Å². The third-order valence-electron chi connectivity index (χ3n) is 5.23. The molecular weight excluding hydrogens is 356 g/mol. The van der Waals surface area contributed by atoms with Gasteiger partial charge in [-0.1, -0.05) is 6.07 Å². The first-order valence-corrected chi connectivity index (χ1v) is 9.62. The van der Waals surface area contributed by atoms with Crippen LogP contribution in [0.3, 0.4) is 0 Å². The highest BCUT2D eigenvalue weighted by Crippen LogP contribution is 2.31. The van der Waals surface area contributed by atoms with Crippen LogP contribution in [0, 0.1) is 0 Å². The summed E-state index contributed by atoms with van der Waals surface area (Å²) in [5.41, 5.74) is 2.75. The zero-order valence-corrected chi connectivity index (χ0v) is 16.0. The van der Waals surface area contributed by atoms with Crippen molar-refractivity contribution in [2.75, 3.05) is 44.3 Å². The van der Waals surface area contributed by atoms with Crippen LogP contribution in [0.15, 0.2) is 42.5 Å². The standard InChI is InChI=1S/C22H24N2O4/c1-16(25)18-3-5-19(6-4-18)23-8-10-24(11-9-23)22(26)15-17-2-7-20-21(14-17)28-13-12-27-20/h2-7,14H,8-13,15H2,1H3. The largest absolute Gasteiger partial charge is 0.486 e. The van der Waals surface area contributed by atoms with Gasteiger partial charge in [0, 0.05) is 37.4 Å². The van der Waals surface area contributed by atoms with Gasteiger partial charge in [0.05, 0.1) is 6.42 Å². The van der Waals surface area contributed by atoms with Crippen molar-refractivity contribution in [1.29, 1.82) is 0 Å². The molecule has 6 heteroatoms. The molecule has 0 aromatic heterocycles. The van der Waals surface area contributed by atoms with E-state index in [0.29, 0.717) is 32.7 Å². The van der Waals surface area contributed by atoms with Crippen LogP contribution in [-0.4, -0.2) is 56.0 Å². The van der Waals surface area contributed by atoms with Gasteiger partial charge in [-0.05, 0) is 48.9 Å². The van der Waals surface area contributed by atoms with E-state index < -0.39 is 0 Å². The van der Waals surface area contributed by atoms with E-state index in [-0.39, 0.29) is 11.7 Å². The first-order valence-electron chi connectivity index (χ1n) is 9.62. The smallest absolute Gasteiger partial charge is 0.227 e. The lowest BCUT2D eigenvalue weighted by Gasteiger charge is -2.36. The van der Waals surface area contributed by atoms with Crippen LogP contribution >= 0.6 is 0 Å². The van der Waals surface area contributed by atoms with E-state index in [9.17, 15) is 9.59 Å². The number of fused-ring (bicyclic) bond motifs is 1. The topological polar surface area (TPSA) is 59.1 Å². The first-order chi connectivity index (χ1) is 13.6. The summed E-state index contributed by atoms with van der Waals surface area (Å²) >= 11 is 0. The highest BCUT2D eigenvalue weighted by Gasteiger charge is 2.22. The van der Waals surface area contributed by atoms with Crippen molar-refractivity contribution in [2.45, 2.75) is 13.3 Å². The van der Waals surface area contributed by atoms with Crippen molar-refractivity contribution < 1.29 is 19.1 Å². The van der Waals surface area contributed by atoms with Gasteiger partial charge in [-0.15, -0.1) is 0 Å². The molecule has 0 bridgehead atoms. The molecular formula is C22H24N2O4. The molecule has 1 saturated heterocycles. The highest BCUT2D eigenvalue weighted by molar-refractivity contribution is 5.94. The molecule has 2 aromatic carbocycles. The molecule has 2 aromatic rings. The number of hydrogen-bond donors (Lipinski definition) is 0. The molecule has 2 aliphatic heterocycles. The predicted molar refractivity (Wildman–Crippen MR) is 106 cm³/mol. The Bertz CT molecular complexity index is 871. The Labute approximate surface area is 164 Å². The number of benzene rings is 2. The summed E-state index contributed by atoms with van der Waals surface area (Å²) in [5, 5.41) is 0. The van der Waals surface area contributed by atoms with E-state index in [1.807, 2.05) is 47.4 Å². The van der Waals surface area contributed by atoms with Gasteiger partial charge in [0.2, 0.25) is 5.91 Å². The molecule has 0 unspecified atom stereocenters. The number of amides is 1. The van der Waals surface area contributed by atoms with Crippen molar-refractivity contribution in [2.24, 2.45) is 0 Å². The summed E-state index contributed by atoms with van der Waals surface area (Å²) in [4.78, 5) is 28.3. The van der Waals surface area contributed by atoms with Crippen molar-refractivity contribution in [3.8, 4) is 11.5 Å².